The summed E-state index contributed by atoms with van der Waals surface area (Å²) in [6, 6.07) is 9.53. The normalized spacial score (nSPS) is 14.0. The zero-order valence-electron chi connectivity index (χ0n) is 16.4. The van der Waals surface area contributed by atoms with Gasteiger partial charge in [0.25, 0.3) is 5.91 Å². The van der Waals surface area contributed by atoms with Gasteiger partial charge in [-0.05, 0) is 44.4 Å². The van der Waals surface area contributed by atoms with Gasteiger partial charge in [-0.25, -0.2) is 9.97 Å². The van der Waals surface area contributed by atoms with Gasteiger partial charge in [0.05, 0.1) is 5.56 Å². The Hall–Kier alpha value is -2.40. The highest BCUT2D eigenvalue weighted by Gasteiger charge is 2.24. The molecule has 4 rings (SSSR count). The van der Waals surface area contributed by atoms with Gasteiger partial charge >= 0.3 is 0 Å². The molecule has 0 saturated heterocycles. The first-order valence-corrected chi connectivity index (χ1v) is 10.4. The summed E-state index contributed by atoms with van der Waals surface area (Å²) in [4.78, 5) is 24.8. The quantitative estimate of drug-likeness (QED) is 0.637. The Kier molecular flexibility index (Phi) is 5.36. The number of benzene rings is 1. The van der Waals surface area contributed by atoms with Crippen molar-refractivity contribution in [2.45, 2.75) is 52.6 Å². The van der Waals surface area contributed by atoms with Crippen LogP contribution in [0.2, 0.25) is 5.02 Å². The molecule has 0 N–H and O–H groups in total. The van der Waals surface area contributed by atoms with Crippen molar-refractivity contribution < 1.29 is 4.79 Å². The summed E-state index contributed by atoms with van der Waals surface area (Å²) in [6.45, 7) is 5.93. The van der Waals surface area contributed by atoms with Crippen molar-refractivity contribution in [3.8, 4) is 0 Å². The summed E-state index contributed by atoms with van der Waals surface area (Å²) in [5.74, 6) is 1.03. The van der Waals surface area contributed by atoms with E-state index in [0.29, 0.717) is 23.7 Å². The number of carbonyl (C=O) groups is 1. The second-order valence-corrected chi connectivity index (χ2v) is 7.79. The van der Waals surface area contributed by atoms with E-state index < -0.39 is 0 Å². The van der Waals surface area contributed by atoms with Crippen LogP contribution in [-0.2, 0) is 19.5 Å². The zero-order chi connectivity index (χ0) is 19.7. The number of imidazole rings is 1. The summed E-state index contributed by atoms with van der Waals surface area (Å²) >= 11 is 6.32. The van der Waals surface area contributed by atoms with E-state index in [1.807, 2.05) is 49.1 Å². The molecule has 6 heteroatoms. The van der Waals surface area contributed by atoms with Gasteiger partial charge in [-0.1, -0.05) is 36.2 Å². The van der Waals surface area contributed by atoms with Crippen LogP contribution >= 0.6 is 11.6 Å². The minimum absolute atomic E-state index is 0.0221. The maximum atomic E-state index is 13.4. The highest BCUT2D eigenvalue weighted by molar-refractivity contribution is 6.31. The predicted molar refractivity (Wildman–Crippen MR) is 112 cm³/mol. The maximum absolute atomic E-state index is 13.4. The molecule has 0 bridgehead atoms. The number of carbonyl (C=O) groups excluding carboxylic acids is 1. The van der Waals surface area contributed by atoms with Crippen molar-refractivity contribution in [2.24, 2.45) is 0 Å². The van der Waals surface area contributed by atoms with Crippen molar-refractivity contribution in [1.29, 1.82) is 0 Å². The van der Waals surface area contributed by atoms with E-state index in [1.54, 1.807) is 0 Å². The maximum Gasteiger partial charge on any atom is 0.256 e. The molecule has 0 spiro atoms. The van der Waals surface area contributed by atoms with E-state index in [1.165, 1.54) is 6.42 Å². The summed E-state index contributed by atoms with van der Waals surface area (Å²) in [5, 5.41) is 0.679. The van der Waals surface area contributed by atoms with Gasteiger partial charge in [0.2, 0.25) is 0 Å². The number of aromatic nitrogens is 3. The van der Waals surface area contributed by atoms with Crippen LogP contribution in [0.5, 0.6) is 0 Å². The van der Waals surface area contributed by atoms with Crippen LogP contribution < -0.4 is 0 Å². The Balaban J connectivity index is 1.74. The Morgan fingerprint density at radius 2 is 2.04 bits per heavy atom. The number of amides is 1. The smallest absolute Gasteiger partial charge is 0.256 e. The fraction of sp³-hybridized carbons (Fsp3) is 0.409. The van der Waals surface area contributed by atoms with Gasteiger partial charge in [0.1, 0.15) is 11.3 Å². The van der Waals surface area contributed by atoms with E-state index in [4.69, 9.17) is 21.6 Å². The zero-order valence-corrected chi connectivity index (χ0v) is 17.2. The van der Waals surface area contributed by atoms with Crippen LogP contribution in [0.15, 0.2) is 30.3 Å². The molecule has 0 atom stereocenters. The summed E-state index contributed by atoms with van der Waals surface area (Å²) in [6.07, 6.45) is 4.42. The van der Waals surface area contributed by atoms with E-state index in [9.17, 15) is 4.79 Å². The van der Waals surface area contributed by atoms with Gasteiger partial charge < -0.3 is 9.47 Å². The van der Waals surface area contributed by atoms with Gasteiger partial charge in [0.15, 0.2) is 5.65 Å². The molecular formula is C22H25ClN4O. The van der Waals surface area contributed by atoms with Crippen molar-refractivity contribution in [2.75, 3.05) is 6.54 Å². The molecule has 28 heavy (non-hydrogen) atoms. The second-order valence-electron chi connectivity index (χ2n) is 7.38. The third-order valence-corrected chi connectivity index (χ3v) is 5.78. The molecule has 146 valence electrons. The van der Waals surface area contributed by atoms with Crippen LogP contribution in [0.1, 0.15) is 53.6 Å². The van der Waals surface area contributed by atoms with Crippen molar-refractivity contribution in [1.82, 2.24) is 19.4 Å². The third-order valence-electron chi connectivity index (χ3n) is 5.41. The summed E-state index contributed by atoms with van der Waals surface area (Å²) in [7, 11) is 0. The molecule has 5 nitrogen and oxygen atoms in total. The highest BCUT2D eigenvalue weighted by Crippen LogP contribution is 2.26. The van der Waals surface area contributed by atoms with E-state index in [0.717, 1.165) is 54.1 Å². The third kappa shape index (κ3) is 3.51. The van der Waals surface area contributed by atoms with Gasteiger partial charge in [-0.3, -0.25) is 4.79 Å². The number of halogens is 1. The molecule has 3 aromatic rings. The predicted octanol–water partition coefficient (Wildman–Crippen LogP) is 4.78. The summed E-state index contributed by atoms with van der Waals surface area (Å²) in [5.41, 5.74) is 4.00. The summed E-state index contributed by atoms with van der Waals surface area (Å²) < 4.78 is 2.20. The number of nitrogens with zero attached hydrogens (tertiary/aromatic N) is 4. The number of rotatable bonds is 4. The Morgan fingerprint density at radius 1 is 1.21 bits per heavy atom. The lowest BCUT2D eigenvalue weighted by Gasteiger charge is -2.22. The molecule has 1 aromatic carbocycles. The number of hydrogen-bond acceptors (Lipinski definition) is 3. The van der Waals surface area contributed by atoms with Gasteiger partial charge in [-0.15, -0.1) is 0 Å². The number of aryl methyl sites for hydroxylation is 3. The van der Waals surface area contributed by atoms with Gasteiger partial charge in [0, 0.05) is 36.8 Å². The second kappa shape index (κ2) is 7.92. The molecule has 3 heterocycles. The number of hydrogen-bond donors (Lipinski definition) is 0. The molecule has 0 fully saturated rings. The van der Waals surface area contributed by atoms with Crippen LogP contribution in [0, 0.1) is 6.92 Å². The molecule has 0 aliphatic carbocycles. The lowest BCUT2D eigenvalue weighted by molar-refractivity contribution is 0.0754. The monoisotopic (exact) mass is 396 g/mol. The molecule has 0 unspecified atom stereocenters. The lowest BCUT2D eigenvalue weighted by atomic mass is 10.1. The Morgan fingerprint density at radius 3 is 2.82 bits per heavy atom. The molecule has 2 aromatic heterocycles. The van der Waals surface area contributed by atoms with Crippen LogP contribution in [-0.4, -0.2) is 31.9 Å². The van der Waals surface area contributed by atoms with Crippen molar-refractivity contribution in [3.05, 3.63) is 58.0 Å². The minimum Gasteiger partial charge on any atom is -0.334 e. The van der Waals surface area contributed by atoms with Crippen LogP contribution in [0.4, 0.5) is 0 Å². The van der Waals surface area contributed by atoms with Crippen LogP contribution in [0.3, 0.4) is 0 Å². The van der Waals surface area contributed by atoms with E-state index >= 15 is 0 Å². The van der Waals surface area contributed by atoms with Gasteiger partial charge in [-0.2, -0.15) is 0 Å². The molecule has 1 aliphatic rings. The molecule has 1 aliphatic heterocycles. The van der Waals surface area contributed by atoms with Crippen LogP contribution in [0.25, 0.3) is 11.2 Å². The first-order chi connectivity index (χ1) is 13.6. The average molecular weight is 397 g/mol. The minimum atomic E-state index is -0.0221. The largest absolute Gasteiger partial charge is 0.334 e. The average Bonchev–Trinajstić information content (AvgIpc) is 2.87. The van der Waals surface area contributed by atoms with E-state index in [2.05, 4.69) is 4.57 Å². The lowest BCUT2D eigenvalue weighted by Crippen LogP contribution is -2.30. The Bertz CT molecular complexity index is 1030. The number of fused-ring (bicyclic) bond motifs is 3. The van der Waals surface area contributed by atoms with E-state index in [-0.39, 0.29) is 5.91 Å². The molecule has 0 saturated carbocycles. The fourth-order valence-electron chi connectivity index (χ4n) is 3.91. The SMILES string of the molecule is CCN(Cc1ccccc1Cl)C(=O)c1cc(C)nc2c1nc1n2CCCCC1. The first-order valence-electron chi connectivity index (χ1n) is 9.98. The Labute approximate surface area is 170 Å². The topological polar surface area (TPSA) is 51.0 Å². The first kappa shape index (κ1) is 18.9. The fourth-order valence-corrected chi connectivity index (χ4v) is 4.10. The molecular weight excluding hydrogens is 372 g/mol. The molecule has 0 radical (unpaired) electrons. The molecule has 1 amide bonds. The highest BCUT2D eigenvalue weighted by atomic mass is 35.5. The standard InChI is InChI=1S/C22H25ClN4O/c1-3-26(14-16-9-6-7-10-18(16)23)22(28)17-13-15(2)24-21-20(17)25-19-11-5-4-8-12-27(19)21/h6-7,9-10,13H,3-5,8,11-12,14H2,1-2H3. The van der Waals surface area contributed by atoms with Crippen molar-refractivity contribution >= 4 is 28.7 Å². The van der Waals surface area contributed by atoms with Crippen molar-refractivity contribution in [3.63, 3.8) is 0 Å². The number of pyridine rings is 1.